The molecule has 1 rings (SSSR count). The normalized spacial score (nSPS) is 9.92. The smallest absolute Gasteiger partial charge is 0.188 e. The van der Waals surface area contributed by atoms with Crippen LogP contribution in [0.25, 0.3) is 0 Å². The summed E-state index contributed by atoms with van der Waals surface area (Å²) in [6.45, 7) is 0.0664. The molecule has 0 aliphatic rings. The summed E-state index contributed by atoms with van der Waals surface area (Å²) in [5, 5.41) is 0. The molecule has 4 heteroatoms. The number of hydrogen-bond acceptors (Lipinski definition) is 2. The van der Waals surface area contributed by atoms with Crippen LogP contribution in [0.1, 0.15) is 0 Å². The minimum atomic E-state index is -0.362. The van der Waals surface area contributed by atoms with Crippen LogP contribution in [-0.4, -0.2) is 13.9 Å². The van der Waals surface area contributed by atoms with Crippen molar-refractivity contribution in [3.8, 4) is 5.75 Å². The van der Waals surface area contributed by atoms with Crippen molar-refractivity contribution in [1.82, 2.24) is 0 Å². The number of rotatable bonds is 3. The predicted octanol–water partition coefficient (Wildman–Crippen LogP) is 2.41. The molecule has 0 fully saturated rings. The molecular weight excluding hydrogens is 274 g/mol. The highest BCUT2D eigenvalue weighted by atomic mass is 127. The maximum atomic E-state index is 13.0. The van der Waals surface area contributed by atoms with Gasteiger partial charge in [0.05, 0.1) is 3.57 Å². The van der Waals surface area contributed by atoms with Crippen LogP contribution in [0.2, 0.25) is 0 Å². The van der Waals surface area contributed by atoms with E-state index in [9.17, 15) is 4.39 Å². The van der Waals surface area contributed by atoms with Crippen LogP contribution in [-0.2, 0) is 4.74 Å². The third-order valence-electron chi connectivity index (χ3n) is 1.24. The molecule has 0 saturated heterocycles. The molecule has 0 bridgehead atoms. The molecular formula is C8H8FIO2. The molecule has 2 nitrogen and oxygen atoms in total. The van der Waals surface area contributed by atoms with E-state index >= 15 is 0 Å². The van der Waals surface area contributed by atoms with Gasteiger partial charge in [-0.05, 0) is 34.7 Å². The van der Waals surface area contributed by atoms with Gasteiger partial charge in [-0.15, -0.1) is 0 Å². The van der Waals surface area contributed by atoms with Gasteiger partial charge in [0.2, 0.25) is 0 Å². The fourth-order valence-corrected chi connectivity index (χ4v) is 1.36. The highest BCUT2D eigenvalue weighted by Crippen LogP contribution is 2.23. The van der Waals surface area contributed by atoms with E-state index in [2.05, 4.69) is 4.74 Å². The minimum Gasteiger partial charge on any atom is -0.463 e. The summed E-state index contributed by atoms with van der Waals surface area (Å²) in [5.74, 6) is -0.112. The van der Waals surface area contributed by atoms with Crippen LogP contribution in [0.4, 0.5) is 4.39 Å². The number of ether oxygens (including phenoxy) is 2. The first kappa shape index (κ1) is 9.73. The zero-order chi connectivity index (χ0) is 8.97. The van der Waals surface area contributed by atoms with Gasteiger partial charge in [0.1, 0.15) is 0 Å². The fraction of sp³-hybridized carbons (Fsp3) is 0.250. The summed E-state index contributed by atoms with van der Waals surface area (Å²) in [7, 11) is 1.49. The van der Waals surface area contributed by atoms with Crippen molar-refractivity contribution in [2.75, 3.05) is 13.9 Å². The molecule has 0 atom stereocenters. The summed E-state index contributed by atoms with van der Waals surface area (Å²) < 4.78 is 23.4. The molecule has 0 aliphatic heterocycles. The topological polar surface area (TPSA) is 18.5 Å². The van der Waals surface area contributed by atoms with Crippen LogP contribution < -0.4 is 4.74 Å². The van der Waals surface area contributed by atoms with Crippen molar-refractivity contribution >= 4 is 22.6 Å². The van der Waals surface area contributed by atoms with E-state index in [0.29, 0.717) is 0 Å². The second-order valence-corrected chi connectivity index (χ2v) is 3.26. The van der Waals surface area contributed by atoms with E-state index in [1.54, 1.807) is 12.1 Å². The van der Waals surface area contributed by atoms with Crippen molar-refractivity contribution in [1.29, 1.82) is 0 Å². The molecule has 0 spiro atoms. The Bertz CT molecular complexity index is 245. The molecule has 12 heavy (non-hydrogen) atoms. The van der Waals surface area contributed by atoms with Crippen molar-refractivity contribution < 1.29 is 13.9 Å². The van der Waals surface area contributed by atoms with E-state index in [0.717, 1.165) is 3.57 Å². The lowest BCUT2D eigenvalue weighted by molar-refractivity contribution is 0.0476. The van der Waals surface area contributed by atoms with Crippen molar-refractivity contribution in [3.63, 3.8) is 0 Å². The standard InChI is InChI=1S/C8H8FIO2/c1-11-5-12-8-6(9)3-2-4-7(8)10/h2-4H,5H2,1H3. The van der Waals surface area contributed by atoms with Gasteiger partial charge in [-0.2, -0.15) is 0 Å². The van der Waals surface area contributed by atoms with Crippen LogP contribution in [0, 0.1) is 9.39 Å². The van der Waals surface area contributed by atoms with Gasteiger partial charge >= 0.3 is 0 Å². The Morgan fingerprint density at radius 3 is 2.83 bits per heavy atom. The Kier molecular flexibility index (Phi) is 3.74. The van der Waals surface area contributed by atoms with E-state index in [-0.39, 0.29) is 18.4 Å². The lowest BCUT2D eigenvalue weighted by Crippen LogP contribution is -2.02. The molecule has 0 saturated carbocycles. The first-order chi connectivity index (χ1) is 5.75. The molecule has 0 heterocycles. The molecule has 66 valence electrons. The quantitative estimate of drug-likeness (QED) is 0.626. The van der Waals surface area contributed by atoms with Crippen molar-refractivity contribution in [2.45, 2.75) is 0 Å². The molecule has 0 amide bonds. The Balaban J connectivity index is 2.81. The molecule has 1 aromatic carbocycles. The van der Waals surface area contributed by atoms with Crippen LogP contribution in [0.5, 0.6) is 5.75 Å². The second kappa shape index (κ2) is 4.61. The highest BCUT2D eigenvalue weighted by molar-refractivity contribution is 14.1. The first-order valence-corrected chi connectivity index (χ1v) is 4.39. The van der Waals surface area contributed by atoms with Crippen LogP contribution in [0.15, 0.2) is 18.2 Å². The summed E-state index contributed by atoms with van der Waals surface area (Å²) in [6, 6.07) is 4.76. The van der Waals surface area contributed by atoms with Gasteiger partial charge < -0.3 is 9.47 Å². The Morgan fingerprint density at radius 2 is 2.25 bits per heavy atom. The van der Waals surface area contributed by atoms with Gasteiger partial charge in [0, 0.05) is 7.11 Å². The Hall–Kier alpha value is -0.360. The van der Waals surface area contributed by atoms with Crippen LogP contribution in [0.3, 0.4) is 0 Å². The summed E-state index contributed by atoms with van der Waals surface area (Å²) in [6.07, 6.45) is 0. The maximum Gasteiger partial charge on any atom is 0.188 e. The zero-order valence-electron chi connectivity index (χ0n) is 6.51. The fourth-order valence-electron chi connectivity index (χ4n) is 0.738. The number of methoxy groups -OCH3 is 1. The summed E-state index contributed by atoms with van der Waals surface area (Å²) in [5.41, 5.74) is 0. The maximum absolute atomic E-state index is 13.0. The SMILES string of the molecule is COCOc1c(F)cccc1I. The molecule has 0 aromatic heterocycles. The van der Waals surface area contributed by atoms with E-state index < -0.39 is 0 Å². The number of halogens is 2. The number of benzene rings is 1. The van der Waals surface area contributed by atoms with E-state index in [4.69, 9.17) is 4.74 Å². The third-order valence-corrected chi connectivity index (χ3v) is 2.09. The average molecular weight is 282 g/mol. The predicted molar refractivity (Wildman–Crippen MR) is 51.6 cm³/mol. The van der Waals surface area contributed by atoms with Gasteiger partial charge in [0.15, 0.2) is 18.4 Å². The van der Waals surface area contributed by atoms with Gasteiger partial charge in [-0.3, -0.25) is 0 Å². The largest absolute Gasteiger partial charge is 0.463 e. The van der Waals surface area contributed by atoms with Crippen LogP contribution >= 0.6 is 22.6 Å². The average Bonchev–Trinajstić information content (AvgIpc) is 2.04. The molecule has 0 N–H and O–H groups in total. The monoisotopic (exact) mass is 282 g/mol. The third kappa shape index (κ3) is 2.31. The van der Waals surface area contributed by atoms with Gasteiger partial charge in [-0.1, -0.05) is 6.07 Å². The molecule has 0 unspecified atom stereocenters. The molecule has 0 aliphatic carbocycles. The number of para-hydroxylation sites is 1. The second-order valence-electron chi connectivity index (χ2n) is 2.10. The van der Waals surface area contributed by atoms with Crippen molar-refractivity contribution in [2.24, 2.45) is 0 Å². The molecule has 0 radical (unpaired) electrons. The lowest BCUT2D eigenvalue weighted by atomic mass is 10.3. The lowest BCUT2D eigenvalue weighted by Gasteiger charge is -2.06. The van der Waals surface area contributed by atoms with Gasteiger partial charge in [-0.25, -0.2) is 4.39 Å². The Labute approximate surface area is 83.8 Å². The minimum absolute atomic E-state index is 0.0664. The molecule has 1 aromatic rings. The number of hydrogen-bond donors (Lipinski definition) is 0. The van der Waals surface area contributed by atoms with Crippen molar-refractivity contribution in [3.05, 3.63) is 27.6 Å². The van der Waals surface area contributed by atoms with E-state index in [1.165, 1.54) is 13.2 Å². The highest BCUT2D eigenvalue weighted by Gasteiger charge is 2.06. The summed E-state index contributed by atoms with van der Waals surface area (Å²) >= 11 is 2.01. The van der Waals surface area contributed by atoms with E-state index in [1.807, 2.05) is 22.6 Å². The van der Waals surface area contributed by atoms with Gasteiger partial charge in [0.25, 0.3) is 0 Å². The zero-order valence-corrected chi connectivity index (χ0v) is 8.67. The summed E-state index contributed by atoms with van der Waals surface area (Å²) in [4.78, 5) is 0. The Morgan fingerprint density at radius 1 is 1.50 bits per heavy atom. The first-order valence-electron chi connectivity index (χ1n) is 3.31.